The van der Waals surface area contributed by atoms with Gasteiger partial charge in [-0.05, 0) is 28.4 Å². The maximum absolute atomic E-state index is 3.67. The van der Waals surface area contributed by atoms with Crippen LogP contribution in [0, 0.1) is 25.0 Å². The maximum atomic E-state index is 3.67. The predicted octanol–water partition coefficient (Wildman–Crippen LogP) is 12.3. The average molecular weight is 731 g/mol. The summed E-state index contributed by atoms with van der Waals surface area (Å²) < 4.78 is 3.34. The molecule has 0 heterocycles. The van der Waals surface area contributed by atoms with Crippen LogP contribution in [0.15, 0.2) is 109 Å². The van der Waals surface area contributed by atoms with Crippen LogP contribution in [0.2, 0.25) is 0 Å². The summed E-state index contributed by atoms with van der Waals surface area (Å²) in [6, 6.07) is 35.7. The summed E-state index contributed by atoms with van der Waals surface area (Å²) in [6.45, 7) is 17.7. The normalized spacial score (nSPS) is 11.4. The van der Waals surface area contributed by atoms with Gasteiger partial charge in [0, 0.05) is 0 Å². The summed E-state index contributed by atoms with van der Waals surface area (Å²) in [7, 11) is 0. The summed E-state index contributed by atoms with van der Waals surface area (Å²) in [4.78, 5) is 0. The molecular weight excluding hydrogens is 679 g/mol. The van der Waals surface area contributed by atoms with Gasteiger partial charge in [-0.3, -0.25) is 6.08 Å². The van der Waals surface area contributed by atoms with Gasteiger partial charge in [-0.1, -0.05) is 91.3 Å². The number of fused-ring (bicyclic) bond motifs is 3. The first-order valence-corrected chi connectivity index (χ1v) is 17.2. The van der Waals surface area contributed by atoms with Crippen molar-refractivity contribution in [3.05, 3.63) is 168 Å². The molecule has 2 aliphatic rings. The van der Waals surface area contributed by atoms with E-state index in [2.05, 4.69) is 131 Å². The second-order valence-corrected chi connectivity index (χ2v) is 12.7. The molecule has 0 nitrogen and oxygen atoms in total. The van der Waals surface area contributed by atoms with Crippen molar-refractivity contribution in [1.29, 1.82) is 0 Å². The third-order valence-corrected chi connectivity index (χ3v) is 7.32. The molecule has 46 heavy (non-hydrogen) atoms. The third-order valence-electron chi connectivity index (χ3n) is 7.32. The van der Waals surface area contributed by atoms with E-state index >= 15 is 0 Å². The van der Waals surface area contributed by atoms with Crippen LogP contribution < -0.4 is 0 Å². The minimum absolute atomic E-state index is 0. The van der Waals surface area contributed by atoms with E-state index < -0.39 is 0 Å². The molecule has 0 fully saturated rings. The van der Waals surface area contributed by atoms with Crippen molar-refractivity contribution in [3.63, 3.8) is 0 Å². The summed E-state index contributed by atoms with van der Waals surface area (Å²) >= 11 is 1.30. The molecule has 4 aromatic rings. The molecule has 0 saturated carbocycles. The molecule has 0 saturated heterocycles. The molecule has 0 amide bonds. The van der Waals surface area contributed by atoms with Crippen LogP contribution in [0.1, 0.15) is 95.2 Å². The van der Waals surface area contributed by atoms with Crippen molar-refractivity contribution in [2.75, 3.05) is 0 Å². The van der Waals surface area contributed by atoms with Gasteiger partial charge in [0.05, 0.1) is 0 Å². The molecule has 0 aliphatic heterocycles. The molecule has 4 aromatic carbocycles. The van der Waals surface area contributed by atoms with Gasteiger partial charge in [0.2, 0.25) is 0 Å². The van der Waals surface area contributed by atoms with Crippen LogP contribution in [0.3, 0.4) is 0 Å². The molecule has 0 atom stereocenters. The van der Waals surface area contributed by atoms with E-state index in [0.29, 0.717) is 0 Å². The van der Waals surface area contributed by atoms with E-state index in [1.807, 2.05) is 62.4 Å². The first kappa shape index (κ1) is 43.4. The van der Waals surface area contributed by atoms with Crippen LogP contribution in [0.4, 0.5) is 0 Å². The Labute approximate surface area is 309 Å². The SMILES string of the molecule is CC(C)(C)c1[c-]c2c(cc1)-c1ccc(C(C)(C)C)cc1C2.C[CH-]c1ccccc1.C[CH-]c1ccccc1.Cl.Cl.[C-]1=CC=CC1.[CH2]=[Zr]. The molecule has 0 unspecified atom stereocenters. The topological polar surface area (TPSA) is 0 Å². The van der Waals surface area contributed by atoms with Crippen molar-refractivity contribution in [2.24, 2.45) is 0 Å². The summed E-state index contributed by atoms with van der Waals surface area (Å²) in [5.41, 5.74) is 11.3. The number of hydrogen-bond donors (Lipinski definition) is 0. The van der Waals surface area contributed by atoms with Gasteiger partial charge in [0.1, 0.15) is 0 Å². The fourth-order valence-electron chi connectivity index (χ4n) is 4.66. The zero-order chi connectivity index (χ0) is 32.6. The molecule has 0 bridgehead atoms. The number of allylic oxidation sites excluding steroid dienone is 4. The summed E-state index contributed by atoms with van der Waals surface area (Å²) in [6.07, 6.45) is 15.2. The first-order valence-electron chi connectivity index (χ1n) is 15.5. The number of halogens is 2. The third kappa shape index (κ3) is 14.5. The van der Waals surface area contributed by atoms with Gasteiger partial charge < -0.3 is 0 Å². The van der Waals surface area contributed by atoms with Gasteiger partial charge in [0.15, 0.2) is 0 Å². The van der Waals surface area contributed by atoms with E-state index in [4.69, 9.17) is 0 Å². The zero-order valence-corrected chi connectivity index (χ0v) is 33.1. The summed E-state index contributed by atoms with van der Waals surface area (Å²) in [5.74, 6) is 0. The van der Waals surface area contributed by atoms with E-state index in [1.165, 1.54) is 68.7 Å². The Hall–Kier alpha value is -2.57. The Morgan fingerprint density at radius 3 is 1.57 bits per heavy atom. The molecule has 0 aromatic heterocycles. The quantitative estimate of drug-likeness (QED) is 0.159. The second-order valence-electron chi connectivity index (χ2n) is 12.7. The fraction of sp³-hybridized carbons (Fsp3) is 0.279. The molecule has 0 radical (unpaired) electrons. The Bertz CT molecular complexity index is 1350. The molecule has 0 N–H and O–H groups in total. The first-order chi connectivity index (χ1) is 21.0. The molecular formula is C43H52Cl2Zr-4. The van der Waals surface area contributed by atoms with Gasteiger partial charge in [-0.25, -0.2) is 12.2 Å². The van der Waals surface area contributed by atoms with E-state index in [9.17, 15) is 0 Å². The molecule has 3 heteroatoms. The minimum atomic E-state index is 0. The Balaban J connectivity index is 0.000000669. The van der Waals surface area contributed by atoms with Gasteiger partial charge in [0.25, 0.3) is 0 Å². The molecule has 6 rings (SSSR count). The zero-order valence-electron chi connectivity index (χ0n) is 29.0. The number of rotatable bonds is 2. The fourth-order valence-corrected chi connectivity index (χ4v) is 4.66. The predicted molar refractivity (Wildman–Crippen MR) is 205 cm³/mol. The average Bonchev–Trinajstić information content (AvgIpc) is 3.74. The molecule has 0 spiro atoms. The van der Waals surface area contributed by atoms with Crippen molar-refractivity contribution in [2.45, 2.75) is 79.1 Å². The Morgan fingerprint density at radius 2 is 1.20 bits per heavy atom. The number of benzene rings is 4. The second kappa shape index (κ2) is 22.1. The Kier molecular flexibility index (Phi) is 20.9. The van der Waals surface area contributed by atoms with Crippen LogP contribution in [-0.2, 0) is 41.5 Å². The van der Waals surface area contributed by atoms with Gasteiger partial charge >= 0.3 is 28.4 Å². The van der Waals surface area contributed by atoms with Crippen LogP contribution >= 0.6 is 24.8 Å². The number of hydrogen-bond acceptors (Lipinski definition) is 0. The van der Waals surface area contributed by atoms with Crippen molar-refractivity contribution >= 4 is 29.0 Å². The van der Waals surface area contributed by atoms with Crippen molar-refractivity contribution in [1.82, 2.24) is 0 Å². The van der Waals surface area contributed by atoms with Gasteiger partial charge in [-0.15, -0.1) is 66.6 Å². The van der Waals surface area contributed by atoms with E-state index in [1.54, 1.807) is 0 Å². The standard InChI is InChI=1S/C21H25.2C8H9.C5H5.CH2.2ClH.Zr/c1-20(2,3)16-7-9-18-14(12-16)11-15-13-17(21(4,5)6)8-10-19(15)18;2*1-2-8-6-4-3-5-7-8;1-2-4-5-3-1;;;;/h7-10,12H,11H2,1-6H3;2*2-7H,1H3;1-3H,4H2;1H2;2*1H;/q4*-1;;;;. The van der Waals surface area contributed by atoms with Gasteiger partial charge in [-0.2, -0.15) is 78.1 Å². The van der Waals surface area contributed by atoms with Crippen molar-refractivity contribution < 1.29 is 24.2 Å². The Morgan fingerprint density at radius 1 is 0.674 bits per heavy atom. The molecule has 2 aliphatic carbocycles. The van der Waals surface area contributed by atoms with Crippen LogP contribution in [0.25, 0.3) is 11.1 Å². The molecule has 246 valence electrons. The van der Waals surface area contributed by atoms with Crippen LogP contribution in [-0.4, -0.2) is 4.21 Å². The summed E-state index contributed by atoms with van der Waals surface area (Å²) in [5, 5.41) is 0. The van der Waals surface area contributed by atoms with E-state index in [-0.39, 0.29) is 35.6 Å². The monoisotopic (exact) mass is 728 g/mol. The van der Waals surface area contributed by atoms with E-state index in [0.717, 1.165) is 12.8 Å². The van der Waals surface area contributed by atoms with Crippen LogP contribution in [0.5, 0.6) is 0 Å². The van der Waals surface area contributed by atoms with Crippen molar-refractivity contribution in [3.8, 4) is 11.1 Å².